The molecular formula is C19H14F6N4. The molecule has 0 unspecified atom stereocenters. The number of hydrogen-bond donors (Lipinski definition) is 0. The first-order chi connectivity index (χ1) is 13.6. The van der Waals surface area contributed by atoms with E-state index in [0.29, 0.717) is 5.92 Å². The third kappa shape index (κ3) is 4.25. The average molecular weight is 412 g/mol. The van der Waals surface area contributed by atoms with Crippen molar-refractivity contribution in [2.75, 3.05) is 0 Å². The Bertz CT molecular complexity index is 999. The molecule has 152 valence electrons. The Labute approximate surface area is 161 Å². The Morgan fingerprint density at radius 2 is 1.52 bits per heavy atom. The van der Waals surface area contributed by atoms with Crippen molar-refractivity contribution in [1.82, 2.24) is 19.5 Å². The highest BCUT2D eigenvalue weighted by atomic mass is 19.4. The predicted molar refractivity (Wildman–Crippen MR) is 90.8 cm³/mol. The standard InChI is InChI=1S/C19H14F6N4/c20-18(21,22)14-5-3-12(4-6-14)17-28-15(19(23,24)25)9-29(17)10-16-26-7-13(8-27-16)11-1-2-11/h3-9,11H,1-2,10H2. The molecule has 0 saturated heterocycles. The van der Waals surface area contributed by atoms with Crippen LogP contribution in [-0.2, 0) is 18.9 Å². The van der Waals surface area contributed by atoms with E-state index < -0.39 is 23.6 Å². The summed E-state index contributed by atoms with van der Waals surface area (Å²) in [5, 5.41) is 0. The molecule has 1 aliphatic carbocycles. The molecule has 1 aromatic carbocycles. The maximum Gasteiger partial charge on any atom is 0.434 e. The Kier molecular flexibility index (Phi) is 4.59. The third-order valence-corrected chi connectivity index (χ3v) is 4.62. The summed E-state index contributed by atoms with van der Waals surface area (Å²) >= 11 is 0. The first-order valence-electron chi connectivity index (χ1n) is 8.74. The quantitative estimate of drug-likeness (QED) is 0.546. The number of aromatic nitrogens is 4. The smallest absolute Gasteiger partial charge is 0.323 e. The average Bonchev–Trinajstić information content (AvgIpc) is 3.41. The van der Waals surface area contributed by atoms with Gasteiger partial charge in [-0.15, -0.1) is 0 Å². The van der Waals surface area contributed by atoms with Crippen LogP contribution in [0.5, 0.6) is 0 Å². The normalized spacial score (nSPS) is 15.0. The molecular weight excluding hydrogens is 398 g/mol. The summed E-state index contributed by atoms with van der Waals surface area (Å²) in [5.41, 5.74) is -0.919. The van der Waals surface area contributed by atoms with E-state index in [1.54, 1.807) is 12.4 Å². The highest BCUT2D eigenvalue weighted by molar-refractivity contribution is 5.57. The van der Waals surface area contributed by atoms with Crippen LogP contribution in [0.25, 0.3) is 11.4 Å². The van der Waals surface area contributed by atoms with E-state index in [1.165, 1.54) is 4.57 Å². The highest BCUT2D eigenvalue weighted by Gasteiger charge is 2.35. The van der Waals surface area contributed by atoms with Gasteiger partial charge >= 0.3 is 12.4 Å². The monoisotopic (exact) mass is 412 g/mol. The van der Waals surface area contributed by atoms with Gasteiger partial charge in [0.25, 0.3) is 0 Å². The summed E-state index contributed by atoms with van der Waals surface area (Å²) in [6, 6.07) is 3.81. The van der Waals surface area contributed by atoms with Crippen LogP contribution in [0, 0.1) is 0 Å². The zero-order valence-corrected chi connectivity index (χ0v) is 14.8. The second kappa shape index (κ2) is 6.85. The molecule has 0 radical (unpaired) electrons. The number of alkyl halides is 6. The predicted octanol–water partition coefficient (Wildman–Crippen LogP) is 5.30. The molecule has 1 saturated carbocycles. The molecule has 0 spiro atoms. The van der Waals surface area contributed by atoms with Gasteiger partial charge in [0.1, 0.15) is 11.6 Å². The van der Waals surface area contributed by atoms with Gasteiger partial charge in [0.15, 0.2) is 5.69 Å². The van der Waals surface area contributed by atoms with Crippen LogP contribution in [-0.4, -0.2) is 19.5 Å². The van der Waals surface area contributed by atoms with Crippen molar-refractivity contribution in [1.29, 1.82) is 0 Å². The van der Waals surface area contributed by atoms with Crippen LogP contribution in [0.2, 0.25) is 0 Å². The Morgan fingerprint density at radius 1 is 0.897 bits per heavy atom. The van der Waals surface area contributed by atoms with Crippen molar-refractivity contribution in [3.63, 3.8) is 0 Å². The molecule has 1 fully saturated rings. The van der Waals surface area contributed by atoms with Gasteiger partial charge in [-0.1, -0.05) is 12.1 Å². The number of imidazole rings is 1. The maximum absolute atomic E-state index is 13.1. The number of rotatable bonds is 4. The first kappa shape index (κ1) is 19.4. The summed E-state index contributed by atoms with van der Waals surface area (Å²) < 4.78 is 78.9. The van der Waals surface area contributed by atoms with Crippen LogP contribution in [0.1, 0.15) is 41.4 Å². The summed E-state index contributed by atoms with van der Waals surface area (Å²) in [4.78, 5) is 12.0. The summed E-state index contributed by atoms with van der Waals surface area (Å²) in [7, 11) is 0. The molecule has 3 aromatic rings. The zero-order valence-electron chi connectivity index (χ0n) is 14.8. The third-order valence-electron chi connectivity index (χ3n) is 4.62. The number of hydrogen-bond acceptors (Lipinski definition) is 3. The van der Waals surface area contributed by atoms with Gasteiger partial charge in [-0.2, -0.15) is 26.3 Å². The lowest BCUT2D eigenvalue weighted by atomic mass is 10.1. The van der Waals surface area contributed by atoms with Crippen molar-refractivity contribution in [3.05, 3.63) is 65.5 Å². The molecule has 4 rings (SSSR count). The van der Waals surface area contributed by atoms with E-state index >= 15 is 0 Å². The molecule has 0 N–H and O–H groups in total. The highest BCUT2D eigenvalue weighted by Crippen LogP contribution is 2.39. The van der Waals surface area contributed by atoms with Gasteiger partial charge in [0, 0.05) is 24.2 Å². The minimum absolute atomic E-state index is 0.0929. The zero-order chi connectivity index (χ0) is 20.8. The summed E-state index contributed by atoms with van der Waals surface area (Å²) in [6.45, 7) is -0.0929. The molecule has 0 amide bonds. The van der Waals surface area contributed by atoms with Crippen LogP contribution in [0.15, 0.2) is 42.9 Å². The Morgan fingerprint density at radius 3 is 2.03 bits per heavy atom. The lowest BCUT2D eigenvalue weighted by molar-refractivity contribution is -0.141. The van der Waals surface area contributed by atoms with Crippen molar-refractivity contribution >= 4 is 0 Å². The molecule has 2 heterocycles. The topological polar surface area (TPSA) is 43.6 Å². The first-order valence-corrected chi connectivity index (χ1v) is 8.74. The largest absolute Gasteiger partial charge is 0.434 e. The Balaban J connectivity index is 1.67. The van der Waals surface area contributed by atoms with E-state index in [0.717, 1.165) is 48.9 Å². The lowest BCUT2D eigenvalue weighted by Gasteiger charge is -2.09. The number of benzene rings is 1. The molecule has 4 nitrogen and oxygen atoms in total. The van der Waals surface area contributed by atoms with Crippen LogP contribution < -0.4 is 0 Å². The van der Waals surface area contributed by atoms with E-state index in [9.17, 15) is 26.3 Å². The van der Waals surface area contributed by atoms with Gasteiger partial charge in [-0.3, -0.25) is 0 Å². The summed E-state index contributed by atoms with van der Waals surface area (Å²) in [6.07, 6.45) is -2.98. The fourth-order valence-corrected chi connectivity index (χ4v) is 2.94. The van der Waals surface area contributed by atoms with Gasteiger partial charge < -0.3 is 4.57 Å². The second-order valence-corrected chi connectivity index (χ2v) is 6.86. The lowest BCUT2D eigenvalue weighted by Crippen LogP contribution is -2.07. The van der Waals surface area contributed by atoms with Crippen molar-refractivity contribution < 1.29 is 26.3 Å². The van der Waals surface area contributed by atoms with Crippen molar-refractivity contribution in [2.24, 2.45) is 0 Å². The summed E-state index contributed by atoms with van der Waals surface area (Å²) in [5.74, 6) is 0.617. The van der Waals surface area contributed by atoms with Crippen LogP contribution in [0.3, 0.4) is 0 Å². The van der Waals surface area contributed by atoms with E-state index in [1.807, 2.05) is 0 Å². The number of nitrogens with zero attached hydrogens (tertiary/aromatic N) is 4. The van der Waals surface area contributed by atoms with E-state index in [2.05, 4.69) is 15.0 Å². The molecule has 29 heavy (non-hydrogen) atoms. The fraction of sp³-hybridized carbons (Fsp3) is 0.316. The van der Waals surface area contributed by atoms with Crippen LogP contribution in [0.4, 0.5) is 26.3 Å². The van der Waals surface area contributed by atoms with Crippen molar-refractivity contribution in [2.45, 2.75) is 37.7 Å². The van der Waals surface area contributed by atoms with E-state index in [-0.39, 0.29) is 23.8 Å². The minimum atomic E-state index is -4.69. The molecule has 0 bridgehead atoms. The maximum atomic E-state index is 13.1. The molecule has 1 aliphatic rings. The Hall–Kier alpha value is -2.91. The van der Waals surface area contributed by atoms with Gasteiger partial charge in [-0.25, -0.2) is 15.0 Å². The van der Waals surface area contributed by atoms with Gasteiger partial charge in [0.2, 0.25) is 0 Å². The molecule has 10 heteroatoms. The SMILES string of the molecule is FC(F)(F)c1ccc(-c2nc(C(F)(F)F)cn2Cc2ncc(C3CC3)cn2)cc1. The van der Waals surface area contributed by atoms with E-state index in [4.69, 9.17) is 0 Å². The molecule has 0 atom stereocenters. The minimum Gasteiger partial charge on any atom is -0.323 e. The molecule has 2 aromatic heterocycles. The number of halogens is 6. The van der Waals surface area contributed by atoms with Gasteiger partial charge in [0.05, 0.1) is 12.1 Å². The fourth-order valence-electron chi connectivity index (χ4n) is 2.94. The van der Waals surface area contributed by atoms with Gasteiger partial charge in [-0.05, 0) is 36.5 Å². The second-order valence-electron chi connectivity index (χ2n) is 6.86. The molecule has 0 aliphatic heterocycles. The van der Waals surface area contributed by atoms with Crippen LogP contribution >= 0.6 is 0 Å². The van der Waals surface area contributed by atoms with Crippen molar-refractivity contribution in [3.8, 4) is 11.4 Å².